The molecule has 1 aliphatic heterocycles. The second-order valence-corrected chi connectivity index (χ2v) is 11.9. The van der Waals surface area contributed by atoms with Crippen LogP contribution in [0.5, 0.6) is 17.2 Å². The van der Waals surface area contributed by atoms with Gasteiger partial charge in [-0.05, 0) is 66.9 Å². The highest BCUT2D eigenvalue weighted by Crippen LogP contribution is 2.45. The van der Waals surface area contributed by atoms with Crippen molar-refractivity contribution < 1.29 is 28.9 Å². The summed E-state index contributed by atoms with van der Waals surface area (Å²) in [5.41, 5.74) is 3.96. The van der Waals surface area contributed by atoms with Crippen LogP contribution in [0.25, 0.3) is 5.76 Å². The van der Waals surface area contributed by atoms with E-state index in [4.69, 9.17) is 14.2 Å². The molecule has 4 aromatic carbocycles. The Bertz CT molecular complexity index is 1920. The van der Waals surface area contributed by atoms with E-state index in [2.05, 4.69) is 16.3 Å². The zero-order valence-electron chi connectivity index (χ0n) is 25.5. The number of carbonyl (C=O) groups excluding carboxylic acids is 2. The summed E-state index contributed by atoms with van der Waals surface area (Å²) in [5.74, 6) is -0.485. The van der Waals surface area contributed by atoms with Crippen molar-refractivity contribution in [2.24, 2.45) is 0 Å². The van der Waals surface area contributed by atoms with Crippen molar-refractivity contribution in [3.8, 4) is 17.2 Å². The van der Waals surface area contributed by atoms with E-state index in [9.17, 15) is 14.7 Å². The van der Waals surface area contributed by atoms with E-state index in [1.807, 2.05) is 55.5 Å². The summed E-state index contributed by atoms with van der Waals surface area (Å²) in [5, 5.41) is 20.7. The van der Waals surface area contributed by atoms with Crippen LogP contribution >= 0.6 is 11.3 Å². The molecule has 5 aromatic rings. The van der Waals surface area contributed by atoms with E-state index >= 15 is 0 Å². The normalized spacial score (nSPS) is 15.6. The third-order valence-electron chi connectivity index (χ3n) is 7.52. The lowest BCUT2D eigenvalue weighted by Gasteiger charge is -2.23. The van der Waals surface area contributed by atoms with Crippen LogP contribution in [0.15, 0.2) is 103 Å². The van der Waals surface area contributed by atoms with Gasteiger partial charge < -0.3 is 19.3 Å². The molecule has 1 aliphatic rings. The molecule has 0 aliphatic carbocycles. The number of hydrogen-bond acceptors (Lipinski definition) is 9. The molecule has 0 radical (unpaired) electrons. The van der Waals surface area contributed by atoms with Gasteiger partial charge in [-0.25, -0.2) is 0 Å². The van der Waals surface area contributed by atoms with Crippen LogP contribution < -0.4 is 19.1 Å². The van der Waals surface area contributed by atoms with Crippen LogP contribution in [-0.4, -0.2) is 34.1 Å². The first kappa shape index (κ1) is 30.5. The number of aliphatic hydroxyl groups is 1. The molecule has 9 nitrogen and oxygen atoms in total. The Balaban J connectivity index is 1.34. The molecule has 1 aromatic heterocycles. The lowest BCUT2D eigenvalue weighted by molar-refractivity contribution is -0.132. The molecule has 10 heteroatoms. The number of nitrogens with zero attached hydrogens (tertiary/aromatic N) is 3. The minimum atomic E-state index is -0.998. The number of methoxy groups -OCH3 is 1. The Labute approximate surface area is 270 Å². The zero-order chi connectivity index (χ0) is 32.2. The van der Waals surface area contributed by atoms with Gasteiger partial charge in [-0.3, -0.25) is 14.5 Å². The van der Waals surface area contributed by atoms with Gasteiger partial charge in [0.15, 0.2) is 11.5 Å². The number of aromatic nitrogens is 2. The summed E-state index contributed by atoms with van der Waals surface area (Å²) < 4.78 is 17.6. The van der Waals surface area contributed by atoms with E-state index in [0.29, 0.717) is 46.6 Å². The van der Waals surface area contributed by atoms with E-state index in [-0.39, 0.29) is 16.5 Å². The number of ether oxygens (including phenoxy) is 3. The highest BCUT2D eigenvalue weighted by atomic mass is 32.1. The molecule has 1 saturated heterocycles. The van der Waals surface area contributed by atoms with Crippen molar-refractivity contribution >= 4 is 33.9 Å². The monoisotopic (exact) mass is 633 g/mol. The van der Waals surface area contributed by atoms with Crippen LogP contribution in [0.4, 0.5) is 5.13 Å². The topological polar surface area (TPSA) is 111 Å². The number of rotatable bonds is 10. The smallest absolute Gasteiger partial charge is 0.301 e. The SMILES string of the molecule is COc1cc(C2/C(=C(\O)c3ccc(OCc4cccc(C)c4)cc3)C(=O)C(=O)N2c2nnc(C)s2)ccc1OCc1ccccc1. The maximum atomic E-state index is 13.6. The van der Waals surface area contributed by atoms with Crippen molar-refractivity contribution in [1.82, 2.24) is 10.2 Å². The fourth-order valence-corrected chi connectivity index (χ4v) is 5.98. The Morgan fingerprint density at radius 3 is 2.26 bits per heavy atom. The molecule has 1 N–H and O–H groups in total. The summed E-state index contributed by atoms with van der Waals surface area (Å²) in [6.07, 6.45) is 0. The molecule has 1 atom stereocenters. The third-order valence-corrected chi connectivity index (χ3v) is 8.36. The van der Waals surface area contributed by atoms with Crippen LogP contribution in [0.2, 0.25) is 0 Å². The Hall–Kier alpha value is -5.48. The molecular formula is C36H31N3O6S. The zero-order valence-corrected chi connectivity index (χ0v) is 26.3. The molecule has 1 amide bonds. The average molecular weight is 634 g/mol. The van der Waals surface area contributed by atoms with E-state index in [0.717, 1.165) is 16.7 Å². The maximum absolute atomic E-state index is 13.6. The number of benzene rings is 4. The van der Waals surface area contributed by atoms with Crippen molar-refractivity contribution in [2.45, 2.75) is 33.1 Å². The fourth-order valence-electron chi connectivity index (χ4n) is 5.27. The Kier molecular flexibility index (Phi) is 8.80. The quantitative estimate of drug-likeness (QED) is 0.1000. The molecule has 1 fully saturated rings. The van der Waals surface area contributed by atoms with Gasteiger partial charge in [-0.1, -0.05) is 77.6 Å². The number of aliphatic hydroxyl groups excluding tert-OH is 1. The number of ketones is 1. The van der Waals surface area contributed by atoms with Crippen molar-refractivity contribution in [3.05, 3.63) is 135 Å². The number of carbonyl (C=O) groups is 2. The number of amides is 1. The van der Waals surface area contributed by atoms with Gasteiger partial charge in [-0.2, -0.15) is 0 Å². The van der Waals surface area contributed by atoms with Crippen LogP contribution in [0, 0.1) is 13.8 Å². The summed E-state index contributed by atoms with van der Waals surface area (Å²) >= 11 is 1.18. The largest absolute Gasteiger partial charge is 0.507 e. The van der Waals surface area contributed by atoms with Gasteiger partial charge in [0.05, 0.1) is 18.7 Å². The number of Topliss-reactive ketones (excluding diaryl/α,β-unsaturated/α-hetero) is 1. The molecule has 0 bridgehead atoms. The first-order valence-electron chi connectivity index (χ1n) is 14.6. The summed E-state index contributed by atoms with van der Waals surface area (Å²) in [4.78, 5) is 28.4. The highest BCUT2D eigenvalue weighted by Gasteiger charge is 2.48. The molecular weight excluding hydrogens is 602 g/mol. The number of hydrogen-bond donors (Lipinski definition) is 1. The van der Waals surface area contributed by atoms with Gasteiger partial charge in [-0.15, -0.1) is 10.2 Å². The van der Waals surface area contributed by atoms with Gasteiger partial charge in [0.2, 0.25) is 5.13 Å². The summed E-state index contributed by atoms with van der Waals surface area (Å²) in [6, 6.07) is 28.7. The second kappa shape index (κ2) is 13.3. The predicted molar refractivity (Wildman–Crippen MR) is 175 cm³/mol. The molecule has 2 heterocycles. The van der Waals surface area contributed by atoms with Crippen molar-refractivity contribution in [1.29, 1.82) is 0 Å². The minimum absolute atomic E-state index is 0.0775. The first-order chi connectivity index (χ1) is 22.3. The summed E-state index contributed by atoms with van der Waals surface area (Å²) in [6.45, 7) is 4.49. The fraction of sp³-hybridized carbons (Fsp3) is 0.167. The number of anilines is 1. The standard InChI is InChI=1S/C36H31N3O6S/c1-22-8-7-11-25(18-22)21-44-28-15-12-26(13-16-28)33(40)31-32(39(35(42)34(31)41)36-38-37-23(2)46-36)27-14-17-29(30(19-27)43-3)45-20-24-9-5-4-6-10-24/h4-19,32,40H,20-21H2,1-3H3/b33-31+. The lowest BCUT2D eigenvalue weighted by Crippen LogP contribution is -2.29. The summed E-state index contributed by atoms with van der Waals surface area (Å²) in [7, 11) is 1.52. The molecule has 6 rings (SSSR count). The Morgan fingerprint density at radius 2 is 1.57 bits per heavy atom. The van der Waals surface area contributed by atoms with Crippen LogP contribution in [0.1, 0.15) is 38.9 Å². The number of aryl methyl sites for hydroxylation is 2. The van der Waals surface area contributed by atoms with Gasteiger partial charge in [0, 0.05) is 5.56 Å². The molecule has 1 unspecified atom stereocenters. The molecule has 0 spiro atoms. The Morgan fingerprint density at radius 1 is 0.826 bits per heavy atom. The molecule has 46 heavy (non-hydrogen) atoms. The second-order valence-electron chi connectivity index (χ2n) is 10.8. The van der Waals surface area contributed by atoms with E-state index in [1.54, 1.807) is 49.4 Å². The molecule has 232 valence electrons. The van der Waals surface area contributed by atoms with Crippen LogP contribution in [-0.2, 0) is 22.8 Å². The van der Waals surface area contributed by atoms with Crippen LogP contribution in [0.3, 0.4) is 0 Å². The van der Waals surface area contributed by atoms with E-state index in [1.165, 1.54) is 23.3 Å². The minimum Gasteiger partial charge on any atom is -0.507 e. The highest BCUT2D eigenvalue weighted by molar-refractivity contribution is 7.15. The van der Waals surface area contributed by atoms with Gasteiger partial charge >= 0.3 is 5.91 Å². The molecule has 0 saturated carbocycles. The maximum Gasteiger partial charge on any atom is 0.301 e. The van der Waals surface area contributed by atoms with Gasteiger partial charge in [0.25, 0.3) is 5.78 Å². The predicted octanol–water partition coefficient (Wildman–Crippen LogP) is 6.95. The first-order valence-corrected chi connectivity index (χ1v) is 15.4. The third kappa shape index (κ3) is 6.33. The van der Waals surface area contributed by atoms with Gasteiger partial charge in [0.1, 0.15) is 29.7 Å². The van der Waals surface area contributed by atoms with E-state index < -0.39 is 17.7 Å². The van der Waals surface area contributed by atoms with Crippen molar-refractivity contribution in [3.63, 3.8) is 0 Å². The lowest BCUT2D eigenvalue weighted by atomic mass is 9.95. The average Bonchev–Trinajstić information content (AvgIpc) is 3.62. The van der Waals surface area contributed by atoms with Crippen molar-refractivity contribution in [2.75, 3.05) is 12.0 Å².